The van der Waals surface area contributed by atoms with Crippen LogP contribution in [0.15, 0.2) is 6.33 Å². The highest BCUT2D eigenvalue weighted by atomic mass is 16.6. The molecule has 1 fully saturated rings. The second-order valence-corrected chi connectivity index (χ2v) is 4.73. The van der Waals surface area contributed by atoms with E-state index in [9.17, 15) is 10.1 Å². The predicted octanol–water partition coefficient (Wildman–Crippen LogP) is -0.0691. The van der Waals surface area contributed by atoms with Gasteiger partial charge in [-0.2, -0.15) is 0 Å². The minimum absolute atomic E-state index is 0.0741. The van der Waals surface area contributed by atoms with Crippen molar-refractivity contribution in [3.8, 4) is 0 Å². The molecule has 0 spiro atoms. The number of hydrogen-bond acceptors (Lipinski definition) is 8. The van der Waals surface area contributed by atoms with Crippen molar-refractivity contribution < 1.29 is 10.0 Å². The van der Waals surface area contributed by atoms with Gasteiger partial charge in [-0.25, -0.2) is 9.97 Å². The molecule has 9 heteroatoms. The number of rotatable bonds is 6. The van der Waals surface area contributed by atoms with E-state index in [-0.39, 0.29) is 18.1 Å². The van der Waals surface area contributed by atoms with Crippen LogP contribution in [0.2, 0.25) is 0 Å². The Hall–Kier alpha value is -2.00. The molecule has 1 aliphatic rings. The number of piperazine rings is 1. The van der Waals surface area contributed by atoms with E-state index in [1.54, 1.807) is 0 Å². The molecule has 2 rings (SSSR count). The topological polar surface area (TPSA) is 108 Å². The Labute approximate surface area is 122 Å². The van der Waals surface area contributed by atoms with Gasteiger partial charge in [-0.3, -0.25) is 15.0 Å². The Bertz CT molecular complexity index is 490. The maximum atomic E-state index is 11.3. The van der Waals surface area contributed by atoms with Crippen molar-refractivity contribution >= 4 is 17.3 Å². The molecule has 2 N–H and O–H groups in total. The van der Waals surface area contributed by atoms with Crippen LogP contribution >= 0.6 is 0 Å². The molecule has 0 aromatic carbocycles. The summed E-state index contributed by atoms with van der Waals surface area (Å²) >= 11 is 0. The molecule has 0 amide bonds. The largest absolute Gasteiger partial charge is 0.395 e. The van der Waals surface area contributed by atoms with Crippen LogP contribution in [0.5, 0.6) is 0 Å². The smallest absolute Gasteiger partial charge is 0.353 e. The lowest BCUT2D eigenvalue weighted by molar-refractivity contribution is -0.383. The van der Waals surface area contributed by atoms with Crippen molar-refractivity contribution in [3.05, 3.63) is 16.4 Å². The molecular weight excluding hydrogens is 276 g/mol. The Balaban J connectivity index is 2.20. The molecule has 0 unspecified atom stereocenters. The monoisotopic (exact) mass is 296 g/mol. The van der Waals surface area contributed by atoms with Crippen LogP contribution < -0.4 is 10.2 Å². The molecule has 1 aliphatic heterocycles. The molecule has 116 valence electrons. The summed E-state index contributed by atoms with van der Waals surface area (Å²) in [5, 5.41) is 23.2. The Morgan fingerprint density at radius 3 is 2.67 bits per heavy atom. The lowest BCUT2D eigenvalue weighted by Crippen LogP contribution is -2.47. The van der Waals surface area contributed by atoms with E-state index in [1.165, 1.54) is 6.33 Å². The summed E-state index contributed by atoms with van der Waals surface area (Å²) in [6, 6.07) is 0. The van der Waals surface area contributed by atoms with Crippen molar-refractivity contribution in [1.82, 2.24) is 14.9 Å². The van der Waals surface area contributed by atoms with Gasteiger partial charge in [0.1, 0.15) is 6.33 Å². The third-order valence-electron chi connectivity index (χ3n) is 3.42. The Kier molecular flexibility index (Phi) is 5.23. The second kappa shape index (κ2) is 7.14. The number of nitro groups is 1. The first-order chi connectivity index (χ1) is 10.2. The Morgan fingerprint density at radius 1 is 1.38 bits per heavy atom. The third kappa shape index (κ3) is 3.56. The lowest BCUT2D eigenvalue weighted by Gasteiger charge is -2.34. The second-order valence-electron chi connectivity index (χ2n) is 4.73. The molecular formula is C12H20N6O3. The van der Waals surface area contributed by atoms with Crippen LogP contribution in [0, 0.1) is 10.1 Å². The molecule has 1 aromatic heterocycles. The first kappa shape index (κ1) is 15.4. The lowest BCUT2D eigenvalue weighted by atomic mass is 10.3. The zero-order valence-corrected chi connectivity index (χ0v) is 12.0. The summed E-state index contributed by atoms with van der Waals surface area (Å²) in [4.78, 5) is 23.0. The maximum absolute atomic E-state index is 11.3. The number of anilines is 2. The number of aromatic nitrogens is 2. The highest BCUT2D eigenvalue weighted by Crippen LogP contribution is 2.32. The van der Waals surface area contributed by atoms with Gasteiger partial charge in [0.15, 0.2) is 0 Å². The summed E-state index contributed by atoms with van der Waals surface area (Å²) in [6.07, 6.45) is 1.35. The van der Waals surface area contributed by atoms with Gasteiger partial charge in [0.05, 0.1) is 11.5 Å². The summed E-state index contributed by atoms with van der Waals surface area (Å²) in [6.45, 7) is 5.95. The molecule has 0 radical (unpaired) electrons. The molecule has 1 saturated heterocycles. The average molecular weight is 296 g/mol. The fourth-order valence-corrected chi connectivity index (χ4v) is 2.39. The zero-order valence-electron chi connectivity index (χ0n) is 12.0. The van der Waals surface area contributed by atoms with E-state index in [0.717, 1.165) is 13.1 Å². The van der Waals surface area contributed by atoms with Gasteiger partial charge in [0.25, 0.3) is 0 Å². The Morgan fingerprint density at radius 2 is 2.10 bits per heavy atom. The normalized spacial score (nSPS) is 16.0. The molecule has 1 aromatic rings. The van der Waals surface area contributed by atoms with E-state index in [0.29, 0.717) is 32.0 Å². The van der Waals surface area contributed by atoms with Crippen LogP contribution in [0.25, 0.3) is 0 Å². The number of aliphatic hydroxyl groups excluding tert-OH is 1. The molecule has 0 aliphatic carbocycles. The SMILES string of the molecule is CCNc1ncnc(N2CCN(CCO)CC2)c1[N+](=O)[O-]. The number of β-amino-alcohol motifs (C(OH)–C–C–N with tert-alkyl or cyclic N) is 1. The minimum atomic E-state index is -0.437. The van der Waals surface area contributed by atoms with Gasteiger partial charge in [-0.1, -0.05) is 0 Å². The van der Waals surface area contributed by atoms with Crippen LogP contribution in [-0.4, -0.2) is 70.8 Å². The van der Waals surface area contributed by atoms with Crippen LogP contribution in [-0.2, 0) is 0 Å². The number of aliphatic hydroxyl groups is 1. The molecule has 9 nitrogen and oxygen atoms in total. The molecule has 21 heavy (non-hydrogen) atoms. The minimum Gasteiger partial charge on any atom is -0.395 e. The number of nitrogens with one attached hydrogen (secondary N) is 1. The van der Waals surface area contributed by atoms with Crippen molar-refractivity contribution in [2.75, 3.05) is 56.1 Å². The summed E-state index contributed by atoms with van der Waals surface area (Å²) in [5.41, 5.74) is -0.0741. The highest BCUT2D eigenvalue weighted by molar-refractivity contribution is 5.70. The van der Waals surface area contributed by atoms with Gasteiger partial charge >= 0.3 is 5.69 Å². The van der Waals surface area contributed by atoms with Gasteiger partial charge in [-0.15, -0.1) is 0 Å². The fraction of sp³-hybridized carbons (Fsp3) is 0.667. The third-order valence-corrected chi connectivity index (χ3v) is 3.42. The van der Waals surface area contributed by atoms with Gasteiger partial charge in [0, 0.05) is 39.3 Å². The first-order valence-corrected chi connectivity index (χ1v) is 6.98. The molecule has 2 heterocycles. The summed E-state index contributed by atoms with van der Waals surface area (Å²) < 4.78 is 0. The van der Waals surface area contributed by atoms with Crippen molar-refractivity contribution in [3.63, 3.8) is 0 Å². The van der Waals surface area contributed by atoms with Gasteiger partial charge < -0.3 is 15.3 Å². The van der Waals surface area contributed by atoms with E-state index >= 15 is 0 Å². The van der Waals surface area contributed by atoms with E-state index in [4.69, 9.17) is 5.11 Å². The van der Waals surface area contributed by atoms with E-state index in [2.05, 4.69) is 20.2 Å². The molecule has 0 saturated carbocycles. The maximum Gasteiger partial charge on any atom is 0.353 e. The zero-order chi connectivity index (χ0) is 15.2. The number of hydrogen-bond donors (Lipinski definition) is 2. The highest BCUT2D eigenvalue weighted by Gasteiger charge is 2.28. The van der Waals surface area contributed by atoms with Crippen LogP contribution in [0.3, 0.4) is 0 Å². The first-order valence-electron chi connectivity index (χ1n) is 6.98. The van der Waals surface area contributed by atoms with Gasteiger partial charge in [0.2, 0.25) is 11.6 Å². The average Bonchev–Trinajstić information content (AvgIpc) is 2.48. The van der Waals surface area contributed by atoms with E-state index < -0.39 is 4.92 Å². The van der Waals surface area contributed by atoms with Crippen molar-refractivity contribution in [2.24, 2.45) is 0 Å². The van der Waals surface area contributed by atoms with Crippen LogP contribution in [0.1, 0.15) is 6.92 Å². The number of nitrogens with zero attached hydrogens (tertiary/aromatic N) is 5. The summed E-state index contributed by atoms with van der Waals surface area (Å²) in [5.74, 6) is 0.611. The van der Waals surface area contributed by atoms with Crippen molar-refractivity contribution in [2.45, 2.75) is 6.92 Å². The van der Waals surface area contributed by atoms with Gasteiger partial charge in [-0.05, 0) is 6.92 Å². The standard InChI is InChI=1S/C12H20N6O3/c1-2-13-11-10(18(20)21)12(15-9-14-11)17-5-3-16(4-6-17)7-8-19/h9,19H,2-8H2,1H3,(H,13,14,15). The summed E-state index contributed by atoms with van der Waals surface area (Å²) in [7, 11) is 0. The van der Waals surface area contributed by atoms with E-state index in [1.807, 2.05) is 11.8 Å². The molecule has 0 atom stereocenters. The van der Waals surface area contributed by atoms with Crippen molar-refractivity contribution in [1.29, 1.82) is 0 Å². The predicted molar refractivity (Wildman–Crippen MR) is 78.6 cm³/mol. The van der Waals surface area contributed by atoms with Crippen LogP contribution in [0.4, 0.5) is 17.3 Å². The molecule has 0 bridgehead atoms. The quantitative estimate of drug-likeness (QED) is 0.555. The fourth-order valence-electron chi connectivity index (χ4n) is 2.39.